The molecule has 2 fully saturated rings. The van der Waals surface area contributed by atoms with Crippen molar-refractivity contribution in [2.45, 2.75) is 58.0 Å². The molecule has 2 aliphatic rings. The van der Waals surface area contributed by atoms with Crippen LogP contribution in [0.25, 0.3) is 0 Å². The summed E-state index contributed by atoms with van der Waals surface area (Å²) in [4.78, 5) is 14.0. The highest BCUT2D eigenvalue weighted by Gasteiger charge is 2.24. The zero-order valence-corrected chi connectivity index (χ0v) is 12.5. The largest absolute Gasteiger partial charge is 0.354 e. The molecule has 1 heterocycles. The molecule has 2 N–H and O–H groups in total. The maximum absolute atomic E-state index is 11.6. The van der Waals surface area contributed by atoms with Crippen molar-refractivity contribution in [3.63, 3.8) is 0 Å². The maximum Gasteiger partial charge on any atom is 0.221 e. The van der Waals surface area contributed by atoms with E-state index < -0.39 is 0 Å². The average Bonchev–Trinajstić information content (AvgIpc) is 3.18. The highest BCUT2D eigenvalue weighted by atomic mass is 16.1. The molecule has 1 saturated carbocycles. The van der Waals surface area contributed by atoms with Crippen LogP contribution in [0, 0.1) is 5.92 Å². The zero-order valence-electron chi connectivity index (χ0n) is 12.5. The summed E-state index contributed by atoms with van der Waals surface area (Å²) in [6, 6.07) is 0.964. The Morgan fingerprint density at radius 3 is 2.47 bits per heavy atom. The van der Waals surface area contributed by atoms with Crippen molar-refractivity contribution in [1.29, 1.82) is 0 Å². The van der Waals surface area contributed by atoms with E-state index in [9.17, 15) is 4.79 Å². The van der Waals surface area contributed by atoms with Gasteiger partial charge in [-0.2, -0.15) is 0 Å². The highest BCUT2D eigenvalue weighted by Crippen LogP contribution is 2.28. The first-order valence-corrected chi connectivity index (χ1v) is 7.88. The molecule has 0 unspecified atom stereocenters. The molecule has 1 saturated heterocycles. The van der Waals surface area contributed by atoms with E-state index in [4.69, 9.17) is 0 Å². The molecule has 4 nitrogen and oxygen atoms in total. The Balaban J connectivity index is 1.53. The molecule has 2 rings (SSSR count). The fourth-order valence-electron chi connectivity index (χ4n) is 2.67. The molecule has 1 aliphatic heterocycles. The molecule has 0 spiro atoms. The van der Waals surface area contributed by atoms with Crippen LogP contribution in [0.2, 0.25) is 0 Å². The van der Waals surface area contributed by atoms with E-state index in [1.54, 1.807) is 0 Å². The molecule has 110 valence electrons. The minimum Gasteiger partial charge on any atom is -0.354 e. The van der Waals surface area contributed by atoms with Gasteiger partial charge in [0, 0.05) is 25.0 Å². The van der Waals surface area contributed by atoms with Crippen LogP contribution in [0.3, 0.4) is 0 Å². The summed E-state index contributed by atoms with van der Waals surface area (Å²) in [6.45, 7) is 8.42. The first-order valence-electron chi connectivity index (χ1n) is 7.88. The summed E-state index contributed by atoms with van der Waals surface area (Å²) in [5.74, 6) is 1.15. The van der Waals surface area contributed by atoms with Gasteiger partial charge >= 0.3 is 0 Å². The number of piperidine rings is 1. The molecule has 0 aromatic carbocycles. The lowest BCUT2D eigenvalue weighted by atomic mass is 10.0. The minimum absolute atomic E-state index is 0.184. The minimum atomic E-state index is 0.184. The van der Waals surface area contributed by atoms with Crippen molar-refractivity contribution < 1.29 is 4.79 Å². The van der Waals surface area contributed by atoms with E-state index in [2.05, 4.69) is 15.5 Å². The van der Waals surface area contributed by atoms with Gasteiger partial charge in [0.1, 0.15) is 0 Å². The molecule has 19 heavy (non-hydrogen) atoms. The second-order valence-electron chi connectivity index (χ2n) is 6.44. The van der Waals surface area contributed by atoms with Gasteiger partial charge in [0.15, 0.2) is 0 Å². The van der Waals surface area contributed by atoms with Crippen molar-refractivity contribution in [3.05, 3.63) is 0 Å². The van der Waals surface area contributed by atoms with Crippen LogP contribution >= 0.6 is 0 Å². The van der Waals surface area contributed by atoms with Crippen molar-refractivity contribution in [2.24, 2.45) is 5.92 Å². The molecule has 0 aromatic heterocycles. The smallest absolute Gasteiger partial charge is 0.221 e. The second kappa shape index (κ2) is 7.25. The Bertz CT molecular complexity index is 281. The summed E-state index contributed by atoms with van der Waals surface area (Å²) in [7, 11) is 0. The summed E-state index contributed by atoms with van der Waals surface area (Å²) in [6.07, 6.45) is 5.96. The standard InChI is InChI=1S/C15H29N3O/c1-12(2)17-15(19)7-10-18-8-5-14(6-9-18)16-11-13-3-4-13/h12-14,16H,3-11H2,1-2H3,(H,17,19). The summed E-state index contributed by atoms with van der Waals surface area (Å²) < 4.78 is 0. The summed E-state index contributed by atoms with van der Waals surface area (Å²) in [5, 5.41) is 6.64. The lowest BCUT2D eigenvalue weighted by Crippen LogP contribution is -2.44. The average molecular weight is 267 g/mol. The molecular formula is C15H29N3O. The van der Waals surface area contributed by atoms with Crippen LogP contribution in [-0.4, -0.2) is 49.1 Å². The Hall–Kier alpha value is -0.610. The summed E-state index contributed by atoms with van der Waals surface area (Å²) in [5.41, 5.74) is 0. The second-order valence-corrected chi connectivity index (χ2v) is 6.44. The number of carbonyl (C=O) groups excluding carboxylic acids is 1. The normalized spacial score (nSPS) is 21.8. The third kappa shape index (κ3) is 5.91. The van der Waals surface area contributed by atoms with Crippen LogP contribution in [0.5, 0.6) is 0 Å². The topological polar surface area (TPSA) is 44.4 Å². The van der Waals surface area contributed by atoms with Gasteiger partial charge in [-0.15, -0.1) is 0 Å². The molecule has 1 amide bonds. The maximum atomic E-state index is 11.6. The van der Waals surface area contributed by atoms with Gasteiger partial charge in [-0.05, 0) is 65.1 Å². The fraction of sp³-hybridized carbons (Fsp3) is 0.933. The Kier molecular flexibility index (Phi) is 5.64. The van der Waals surface area contributed by atoms with E-state index >= 15 is 0 Å². The van der Waals surface area contributed by atoms with E-state index in [1.165, 1.54) is 32.2 Å². The molecule has 0 radical (unpaired) electrons. The Morgan fingerprint density at radius 1 is 1.21 bits per heavy atom. The third-order valence-corrected chi connectivity index (χ3v) is 4.08. The van der Waals surface area contributed by atoms with E-state index in [0.717, 1.165) is 25.6 Å². The quantitative estimate of drug-likeness (QED) is 0.732. The Morgan fingerprint density at radius 2 is 1.89 bits per heavy atom. The van der Waals surface area contributed by atoms with Crippen molar-refractivity contribution in [3.8, 4) is 0 Å². The number of hydrogen-bond acceptors (Lipinski definition) is 3. The van der Waals surface area contributed by atoms with Crippen molar-refractivity contribution in [2.75, 3.05) is 26.2 Å². The lowest BCUT2D eigenvalue weighted by molar-refractivity contribution is -0.121. The molecular weight excluding hydrogens is 238 g/mol. The molecule has 0 bridgehead atoms. The van der Waals surface area contributed by atoms with Crippen molar-refractivity contribution >= 4 is 5.91 Å². The lowest BCUT2D eigenvalue weighted by Gasteiger charge is -2.32. The number of rotatable bonds is 7. The SMILES string of the molecule is CC(C)NC(=O)CCN1CCC(NCC2CC2)CC1. The predicted octanol–water partition coefficient (Wildman–Crippen LogP) is 1.37. The van der Waals surface area contributed by atoms with Crippen LogP contribution in [-0.2, 0) is 4.79 Å². The molecule has 0 atom stereocenters. The molecule has 1 aliphatic carbocycles. The van der Waals surface area contributed by atoms with Crippen molar-refractivity contribution in [1.82, 2.24) is 15.5 Å². The van der Waals surface area contributed by atoms with Crippen LogP contribution in [0.15, 0.2) is 0 Å². The van der Waals surface area contributed by atoms with Crippen LogP contribution in [0.1, 0.15) is 46.0 Å². The number of nitrogens with zero attached hydrogens (tertiary/aromatic N) is 1. The fourth-order valence-corrected chi connectivity index (χ4v) is 2.67. The number of nitrogens with one attached hydrogen (secondary N) is 2. The van der Waals surface area contributed by atoms with E-state index in [1.807, 2.05) is 13.8 Å². The molecule has 4 heteroatoms. The number of amides is 1. The molecule has 0 aromatic rings. The van der Waals surface area contributed by atoms with E-state index in [0.29, 0.717) is 12.5 Å². The monoisotopic (exact) mass is 267 g/mol. The first-order chi connectivity index (χ1) is 9.13. The predicted molar refractivity (Wildman–Crippen MR) is 78.1 cm³/mol. The van der Waals surface area contributed by atoms with E-state index in [-0.39, 0.29) is 11.9 Å². The van der Waals surface area contributed by atoms with Crippen LogP contribution in [0.4, 0.5) is 0 Å². The Labute approximate surface area is 117 Å². The number of hydrogen-bond donors (Lipinski definition) is 2. The number of carbonyl (C=O) groups is 1. The highest BCUT2D eigenvalue weighted by molar-refractivity contribution is 5.76. The van der Waals surface area contributed by atoms with Gasteiger partial charge in [0.2, 0.25) is 5.91 Å². The van der Waals surface area contributed by atoms with Gasteiger partial charge in [-0.3, -0.25) is 4.79 Å². The summed E-state index contributed by atoms with van der Waals surface area (Å²) >= 11 is 0. The van der Waals surface area contributed by atoms with Gasteiger partial charge in [-0.25, -0.2) is 0 Å². The zero-order chi connectivity index (χ0) is 13.7. The third-order valence-electron chi connectivity index (χ3n) is 4.08. The van der Waals surface area contributed by atoms with Gasteiger partial charge in [-0.1, -0.05) is 0 Å². The number of likely N-dealkylation sites (tertiary alicyclic amines) is 1. The van der Waals surface area contributed by atoms with Gasteiger partial charge < -0.3 is 15.5 Å². The van der Waals surface area contributed by atoms with Crippen LogP contribution < -0.4 is 10.6 Å². The van der Waals surface area contributed by atoms with Gasteiger partial charge in [0.25, 0.3) is 0 Å². The van der Waals surface area contributed by atoms with Gasteiger partial charge in [0.05, 0.1) is 0 Å². The first kappa shape index (κ1) is 14.8.